The van der Waals surface area contributed by atoms with Crippen LogP contribution < -0.4 is 5.46 Å². The lowest BCUT2D eigenvalue weighted by Crippen LogP contribution is -2.41. The number of fused-ring (bicyclic) bond motifs is 2. The number of benzene rings is 2. The van der Waals surface area contributed by atoms with Crippen molar-refractivity contribution in [1.29, 1.82) is 0 Å². The van der Waals surface area contributed by atoms with E-state index in [0.717, 1.165) is 16.1 Å². The van der Waals surface area contributed by atoms with E-state index in [0.29, 0.717) is 0 Å². The molecule has 3 heterocycles. The van der Waals surface area contributed by atoms with Crippen molar-refractivity contribution in [2.24, 2.45) is 0 Å². The van der Waals surface area contributed by atoms with Gasteiger partial charge in [-0.3, -0.25) is 0 Å². The van der Waals surface area contributed by atoms with Crippen molar-refractivity contribution in [3.63, 3.8) is 0 Å². The number of hydrogen-bond donors (Lipinski definition) is 0. The molecular formula is C21H20BNO2S. The number of rotatable bonds is 1. The second kappa shape index (κ2) is 5.35. The topological polar surface area (TPSA) is 31.4 Å². The summed E-state index contributed by atoms with van der Waals surface area (Å²) in [5.41, 5.74) is 2.71. The van der Waals surface area contributed by atoms with Crippen molar-refractivity contribution in [2.75, 3.05) is 0 Å². The molecule has 0 N–H and O–H groups in total. The van der Waals surface area contributed by atoms with Gasteiger partial charge in [-0.1, -0.05) is 42.1 Å². The normalized spacial score (nSPS) is 19.6. The molecule has 130 valence electrons. The number of pyridine rings is 1. The summed E-state index contributed by atoms with van der Waals surface area (Å²) in [6.45, 7) is 8.37. The van der Waals surface area contributed by atoms with Crippen LogP contribution in [0.2, 0.25) is 0 Å². The highest BCUT2D eigenvalue weighted by molar-refractivity contribution is 7.99. The van der Waals surface area contributed by atoms with Crippen LogP contribution in [0.15, 0.2) is 58.6 Å². The van der Waals surface area contributed by atoms with Gasteiger partial charge in [-0.25, -0.2) is 4.98 Å². The minimum atomic E-state index is -0.386. The van der Waals surface area contributed by atoms with E-state index >= 15 is 0 Å². The molecule has 1 fully saturated rings. The first kappa shape index (κ1) is 16.4. The zero-order chi connectivity index (χ0) is 18.1. The molecule has 0 atom stereocenters. The molecule has 0 amide bonds. The highest BCUT2D eigenvalue weighted by Gasteiger charge is 2.52. The number of nitrogens with zero attached hydrogens (tertiary/aromatic N) is 1. The third-order valence-corrected chi connectivity index (χ3v) is 6.87. The molecule has 0 saturated carbocycles. The molecule has 1 saturated heterocycles. The van der Waals surface area contributed by atoms with Crippen LogP contribution in [0.1, 0.15) is 27.7 Å². The first-order valence-electron chi connectivity index (χ1n) is 8.92. The Labute approximate surface area is 158 Å². The Hall–Kier alpha value is -1.82. The van der Waals surface area contributed by atoms with Gasteiger partial charge in [0, 0.05) is 22.0 Å². The van der Waals surface area contributed by atoms with Crippen molar-refractivity contribution in [3.05, 3.63) is 48.7 Å². The van der Waals surface area contributed by atoms with Crippen LogP contribution in [-0.2, 0) is 9.31 Å². The lowest BCUT2D eigenvalue weighted by molar-refractivity contribution is 0.00578. The number of aromatic nitrogens is 1. The molecule has 5 heteroatoms. The first-order valence-corrected chi connectivity index (χ1v) is 9.73. The molecular weight excluding hydrogens is 341 g/mol. The summed E-state index contributed by atoms with van der Waals surface area (Å²) in [6.07, 6.45) is 1.86. The van der Waals surface area contributed by atoms with E-state index in [1.54, 1.807) is 11.8 Å². The zero-order valence-corrected chi connectivity index (χ0v) is 16.2. The van der Waals surface area contributed by atoms with Gasteiger partial charge in [0.1, 0.15) is 5.03 Å². The second-order valence-electron chi connectivity index (χ2n) is 7.93. The van der Waals surface area contributed by atoms with Crippen LogP contribution in [0.5, 0.6) is 0 Å². The van der Waals surface area contributed by atoms with E-state index in [9.17, 15) is 0 Å². The van der Waals surface area contributed by atoms with E-state index < -0.39 is 0 Å². The minimum absolute atomic E-state index is 0.361. The van der Waals surface area contributed by atoms with Crippen LogP contribution in [0, 0.1) is 0 Å². The summed E-state index contributed by atoms with van der Waals surface area (Å²) in [6, 6.07) is 14.9. The molecule has 1 aromatic heterocycles. The summed E-state index contributed by atoms with van der Waals surface area (Å²) >= 11 is 1.73. The van der Waals surface area contributed by atoms with Gasteiger partial charge in [-0.05, 0) is 56.2 Å². The van der Waals surface area contributed by atoms with Gasteiger partial charge in [0.25, 0.3) is 0 Å². The van der Waals surface area contributed by atoms with Crippen LogP contribution in [0.4, 0.5) is 0 Å². The number of hydrogen-bond acceptors (Lipinski definition) is 4. The molecule has 3 nitrogen and oxygen atoms in total. The maximum absolute atomic E-state index is 6.37. The molecule has 2 aliphatic heterocycles. The lowest BCUT2D eigenvalue weighted by Gasteiger charge is -2.32. The molecule has 26 heavy (non-hydrogen) atoms. The Kier molecular flexibility index (Phi) is 3.37. The van der Waals surface area contributed by atoms with Gasteiger partial charge < -0.3 is 9.31 Å². The molecule has 5 rings (SSSR count). The molecule has 0 bridgehead atoms. The fourth-order valence-electron chi connectivity index (χ4n) is 3.67. The standard InChI is InChI=1S/C21H20BNO2S/c1-20(2)21(3,4)25-22(24-20)15-11-10-13-7-5-9-16-17(13)18(15)14-8-6-12-23-19(14)26-16/h5-12H,1-4H3. The van der Waals surface area contributed by atoms with Crippen molar-refractivity contribution in [2.45, 2.75) is 48.8 Å². The average Bonchev–Trinajstić information content (AvgIpc) is 2.83. The summed E-state index contributed by atoms with van der Waals surface area (Å²) < 4.78 is 12.7. The fourth-order valence-corrected chi connectivity index (χ4v) is 4.74. The van der Waals surface area contributed by atoms with E-state index in [1.807, 2.05) is 12.3 Å². The molecule has 0 radical (unpaired) electrons. The fraction of sp³-hybridized carbons (Fsp3) is 0.286. The molecule has 0 aliphatic carbocycles. The Morgan fingerprint density at radius 2 is 1.69 bits per heavy atom. The predicted octanol–water partition coefficient (Wildman–Crippen LogP) is 4.67. The SMILES string of the molecule is CC1(C)OB(c2ccc3cccc4c3c2-c2cccnc2S4)OC1(C)C. The average molecular weight is 361 g/mol. The predicted molar refractivity (Wildman–Crippen MR) is 107 cm³/mol. The first-order chi connectivity index (χ1) is 12.4. The van der Waals surface area contributed by atoms with Crippen molar-refractivity contribution < 1.29 is 9.31 Å². The maximum Gasteiger partial charge on any atom is 0.495 e. The second-order valence-corrected chi connectivity index (χ2v) is 8.96. The Morgan fingerprint density at radius 3 is 2.46 bits per heavy atom. The Bertz CT molecular complexity index is 1030. The third kappa shape index (κ3) is 2.21. The van der Waals surface area contributed by atoms with Gasteiger partial charge in [0.05, 0.1) is 11.2 Å². The van der Waals surface area contributed by atoms with Crippen molar-refractivity contribution in [1.82, 2.24) is 4.98 Å². The Balaban J connectivity index is 1.79. The van der Waals surface area contributed by atoms with Crippen LogP contribution in [-0.4, -0.2) is 23.3 Å². The van der Waals surface area contributed by atoms with Gasteiger partial charge >= 0.3 is 7.12 Å². The highest BCUT2D eigenvalue weighted by Crippen LogP contribution is 2.47. The lowest BCUT2D eigenvalue weighted by atomic mass is 9.73. The van der Waals surface area contributed by atoms with Crippen molar-refractivity contribution in [3.8, 4) is 11.1 Å². The highest BCUT2D eigenvalue weighted by atomic mass is 32.2. The zero-order valence-electron chi connectivity index (χ0n) is 15.4. The third-order valence-electron chi connectivity index (χ3n) is 5.79. The maximum atomic E-state index is 6.37. The van der Waals surface area contributed by atoms with Gasteiger partial charge in [0.2, 0.25) is 0 Å². The van der Waals surface area contributed by atoms with Crippen LogP contribution in [0.25, 0.3) is 21.9 Å². The smallest absolute Gasteiger partial charge is 0.399 e. The van der Waals surface area contributed by atoms with Gasteiger partial charge in [0.15, 0.2) is 0 Å². The molecule has 2 aliphatic rings. The quantitative estimate of drug-likeness (QED) is 0.461. The van der Waals surface area contributed by atoms with E-state index in [2.05, 4.69) is 69.1 Å². The van der Waals surface area contributed by atoms with Crippen LogP contribution in [0.3, 0.4) is 0 Å². The summed E-state index contributed by atoms with van der Waals surface area (Å²) in [5, 5.41) is 3.54. The van der Waals surface area contributed by atoms with E-state index in [-0.39, 0.29) is 18.3 Å². The summed E-state index contributed by atoms with van der Waals surface area (Å²) in [4.78, 5) is 5.85. The van der Waals surface area contributed by atoms with Gasteiger partial charge in [-0.2, -0.15) is 0 Å². The summed E-state index contributed by atoms with van der Waals surface area (Å²) in [5.74, 6) is 0. The van der Waals surface area contributed by atoms with Gasteiger partial charge in [-0.15, -0.1) is 0 Å². The van der Waals surface area contributed by atoms with Crippen LogP contribution >= 0.6 is 11.8 Å². The molecule has 2 aromatic carbocycles. The molecule has 3 aromatic rings. The Morgan fingerprint density at radius 1 is 0.923 bits per heavy atom. The molecule has 0 unspecified atom stereocenters. The van der Waals surface area contributed by atoms with E-state index in [1.165, 1.54) is 21.2 Å². The van der Waals surface area contributed by atoms with Crippen molar-refractivity contribution >= 4 is 35.1 Å². The molecule has 0 spiro atoms. The summed E-state index contributed by atoms with van der Waals surface area (Å²) in [7, 11) is -0.386. The monoisotopic (exact) mass is 361 g/mol. The largest absolute Gasteiger partial charge is 0.495 e. The minimum Gasteiger partial charge on any atom is -0.399 e. The van der Waals surface area contributed by atoms with E-state index in [4.69, 9.17) is 9.31 Å².